The molecule has 0 fully saturated rings. The molecule has 0 unspecified atom stereocenters. The minimum Gasteiger partial charge on any atom is -0.445 e. The fourth-order valence-electron chi connectivity index (χ4n) is 2.61. The van der Waals surface area contributed by atoms with Gasteiger partial charge in [0.25, 0.3) is 0 Å². The molecule has 0 aliphatic carbocycles. The number of halogens is 12. The van der Waals surface area contributed by atoms with E-state index in [9.17, 15) is 52.7 Å². The van der Waals surface area contributed by atoms with Crippen LogP contribution in [0.15, 0.2) is 0 Å². The summed E-state index contributed by atoms with van der Waals surface area (Å²) in [7, 11) is -9.84. The lowest BCUT2D eigenvalue weighted by Gasteiger charge is -2.41. The molecule has 0 heterocycles. The fraction of sp³-hybridized carbons (Fsp3) is 1.00. The first-order valence-electron chi connectivity index (χ1n) is 8.73. The van der Waals surface area contributed by atoms with E-state index in [1.165, 1.54) is 0 Å². The predicted octanol–water partition coefficient (Wildman–Crippen LogP) is 4.29. The van der Waals surface area contributed by atoms with Crippen LogP contribution in [0.4, 0.5) is 52.7 Å². The summed E-state index contributed by atoms with van der Waals surface area (Å²) in [6.07, 6.45) is -26.0. The summed E-state index contributed by atoms with van der Waals surface area (Å²) in [5, 5.41) is 0. The Labute approximate surface area is 178 Å². The smallest absolute Gasteiger partial charge is 0.389 e. The Kier molecular flexibility index (Phi) is 11.3. The van der Waals surface area contributed by atoms with Crippen molar-refractivity contribution in [2.24, 2.45) is 0 Å². The molecule has 0 aliphatic rings. The van der Waals surface area contributed by atoms with Gasteiger partial charge in [-0.1, -0.05) is 0 Å². The van der Waals surface area contributed by atoms with Crippen molar-refractivity contribution in [2.75, 3.05) is 0 Å². The first-order chi connectivity index (χ1) is 13.7. The van der Waals surface area contributed by atoms with E-state index in [-0.39, 0.29) is 0 Å². The average Bonchev–Trinajstić information content (AvgIpc) is 2.57. The fourth-order valence-corrected chi connectivity index (χ4v) is 15.5. The highest BCUT2D eigenvalue weighted by Gasteiger charge is 2.52. The van der Waals surface area contributed by atoms with Crippen LogP contribution in [-0.2, 0) is 12.3 Å². The van der Waals surface area contributed by atoms with Crippen molar-refractivity contribution in [1.82, 2.24) is 0 Å². The molecule has 0 aromatic rings. The highest BCUT2D eigenvalue weighted by Crippen LogP contribution is 2.40. The molecule has 19 heteroatoms. The monoisotopic (exact) mass is 554 g/mol. The summed E-state index contributed by atoms with van der Waals surface area (Å²) >= 11 is 0. The molecular weight excluding hydrogens is 532 g/mol. The van der Waals surface area contributed by atoms with Gasteiger partial charge in [0.05, 0.1) is 0 Å². The van der Waals surface area contributed by atoms with E-state index in [1.54, 1.807) is 0 Å². The molecule has 0 rings (SSSR count). The third kappa shape index (κ3) is 14.6. The Balaban J connectivity index is 6.02. The molecular formula is C12H22F12O3Si4. The lowest BCUT2D eigenvalue weighted by Crippen LogP contribution is -2.56. The van der Waals surface area contributed by atoms with Crippen molar-refractivity contribution >= 4 is 38.1 Å². The molecule has 0 saturated carbocycles. The van der Waals surface area contributed by atoms with Crippen LogP contribution in [0.1, 0.15) is 25.7 Å². The van der Waals surface area contributed by atoms with Gasteiger partial charge in [-0.2, -0.15) is 52.7 Å². The molecule has 0 saturated heterocycles. The van der Waals surface area contributed by atoms with Gasteiger partial charge in [-0.05, 0) is 24.2 Å². The van der Waals surface area contributed by atoms with Crippen LogP contribution in [0.3, 0.4) is 0 Å². The Morgan fingerprint density at radius 2 is 0.645 bits per heavy atom. The van der Waals surface area contributed by atoms with E-state index in [2.05, 4.69) is 0 Å². The minimum absolute atomic E-state index is 0.430. The van der Waals surface area contributed by atoms with Crippen LogP contribution in [0.2, 0.25) is 24.2 Å². The molecule has 3 nitrogen and oxygen atoms in total. The summed E-state index contributed by atoms with van der Waals surface area (Å²) in [4.78, 5) is 0. The maximum absolute atomic E-state index is 12.7. The van der Waals surface area contributed by atoms with Gasteiger partial charge in [0.2, 0.25) is 0 Å². The van der Waals surface area contributed by atoms with Crippen molar-refractivity contribution in [3.8, 4) is 0 Å². The van der Waals surface area contributed by atoms with Gasteiger partial charge in [-0.15, -0.1) is 0 Å². The zero-order valence-electron chi connectivity index (χ0n) is 16.4. The van der Waals surface area contributed by atoms with Gasteiger partial charge in [0, 0.05) is 25.7 Å². The summed E-state index contributed by atoms with van der Waals surface area (Å²) in [5.74, 6) is 0. The second-order valence-corrected chi connectivity index (χ2v) is 16.5. The van der Waals surface area contributed by atoms with Crippen LogP contribution in [0, 0.1) is 0 Å². The molecule has 0 spiro atoms. The highest BCUT2D eigenvalue weighted by atomic mass is 28.5. The van der Waals surface area contributed by atoms with Crippen LogP contribution in [0.25, 0.3) is 0 Å². The summed E-state index contributed by atoms with van der Waals surface area (Å²) in [6, 6.07) is -4.36. The number of hydrogen-bond acceptors (Lipinski definition) is 3. The van der Waals surface area contributed by atoms with Crippen molar-refractivity contribution in [1.29, 1.82) is 0 Å². The lowest BCUT2D eigenvalue weighted by atomic mass is 10.5. The van der Waals surface area contributed by atoms with E-state index in [1.807, 2.05) is 0 Å². The van der Waals surface area contributed by atoms with E-state index in [0.717, 1.165) is 0 Å². The Bertz CT molecular complexity index is 453. The van der Waals surface area contributed by atoms with E-state index in [4.69, 9.17) is 12.3 Å². The van der Waals surface area contributed by atoms with Gasteiger partial charge < -0.3 is 12.3 Å². The molecule has 0 radical (unpaired) electrons. The van der Waals surface area contributed by atoms with E-state index >= 15 is 0 Å². The van der Waals surface area contributed by atoms with E-state index < -0.39 is 113 Å². The van der Waals surface area contributed by atoms with Crippen LogP contribution < -0.4 is 0 Å². The third-order valence-electron chi connectivity index (χ3n) is 4.27. The van der Waals surface area contributed by atoms with Crippen LogP contribution >= 0.6 is 0 Å². The minimum atomic E-state index is -4.84. The molecule has 0 aliphatic heterocycles. The van der Waals surface area contributed by atoms with Gasteiger partial charge in [0.1, 0.15) is 21.0 Å². The predicted molar refractivity (Wildman–Crippen MR) is 96.6 cm³/mol. The van der Waals surface area contributed by atoms with Crippen LogP contribution in [0.5, 0.6) is 0 Å². The van der Waals surface area contributed by atoms with Crippen molar-refractivity contribution in [3.05, 3.63) is 0 Å². The third-order valence-corrected chi connectivity index (χ3v) is 17.2. The van der Waals surface area contributed by atoms with Gasteiger partial charge in [0.15, 0.2) is 0 Å². The molecule has 31 heavy (non-hydrogen) atoms. The lowest BCUT2D eigenvalue weighted by molar-refractivity contribution is -0.133. The molecule has 0 aromatic carbocycles. The van der Waals surface area contributed by atoms with Gasteiger partial charge in [-0.25, -0.2) is 0 Å². The molecule has 0 amide bonds. The molecule has 0 bridgehead atoms. The second kappa shape index (κ2) is 11.4. The SMILES string of the molecule is FC(F)(F)CC[Si](CCC(F)(F)F)(O[SiH3])O[Si](CCC(F)(F)F)(CCC(F)(F)F)O[SiH3]. The summed E-state index contributed by atoms with van der Waals surface area (Å²) in [6.45, 7) is 0. The first-order valence-corrected chi connectivity index (χ1v) is 14.8. The highest BCUT2D eigenvalue weighted by molar-refractivity contribution is 6.83. The van der Waals surface area contributed by atoms with Crippen molar-refractivity contribution in [3.63, 3.8) is 0 Å². The average molecular weight is 555 g/mol. The number of alkyl halides is 12. The Hall–Kier alpha value is -0.0925. The Morgan fingerprint density at radius 3 is 0.774 bits per heavy atom. The van der Waals surface area contributed by atoms with Crippen LogP contribution in [-0.4, -0.2) is 62.8 Å². The standard InChI is InChI=1S/C12H22F12O3Si4/c13-9(14,15)1-5-30(25-28,6-2-10(16,17)18)27-31(26-29,7-3-11(19,20)21)8-4-12(22,23)24/h1-8H2,28-29H3. The number of hydrogen-bond donors (Lipinski definition) is 0. The zero-order valence-corrected chi connectivity index (χ0v) is 22.4. The number of rotatable bonds is 12. The van der Waals surface area contributed by atoms with Gasteiger partial charge in [-0.3, -0.25) is 0 Å². The molecule has 0 atom stereocenters. The van der Waals surface area contributed by atoms with E-state index in [0.29, 0.717) is 0 Å². The maximum atomic E-state index is 12.7. The molecule has 188 valence electrons. The zero-order chi connectivity index (χ0) is 24.8. The Morgan fingerprint density at radius 1 is 0.452 bits per heavy atom. The van der Waals surface area contributed by atoms with Gasteiger partial charge >= 0.3 is 41.8 Å². The second-order valence-electron chi connectivity index (χ2n) is 6.79. The first kappa shape index (κ1) is 30.9. The quantitative estimate of drug-likeness (QED) is 0.266. The molecule has 0 N–H and O–H groups in total. The largest absolute Gasteiger partial charge is 0.445 e. The summed E-state index contributed by atoms with van der Waals surface area (Å²) in [5.41, 5.74) is 0. The topological polar surface area (TPSA) is 27.7 Å². The summed E-state index contributed by atoms with van der Waals surface area (Å²) < 4.78 is 168. The normalized spacial score (nSPS) is 15.1. The molecule has 0 aromatic heterocycles. The van der Waals surface area contributed by atoms with Crippen molar-refractivity contribution in [2.45, 2.75) is 74.6 Å². The van der Waals surface area contributed by atoms with Crippen molar-refractivity contribution < 1.29 is 65.0 Å². The maximum Gasteiger partial charge on any atom is 0.389 e.